The topological polar surface area (TPSA) is 85.1 Å². The van der Waals surface area contributed by atoms with Crippen molar-refractivity contribution in [3.05, 3.63) is 11.4 Å². The maximum Gasteiger partial charge on any atom is 0.148 e. The lowest BCUT2D eigenvalue weighted by molar-refractivity contribution is 0.183. The number of nitrogen functional groups attached to an aromatic ring is 1. The first kappa shape index (κ1) is 16.0. The SMILES string of the molecule is Cc1c(NN)nc(C(C)(C)C)nc1NC(C)C1CCOC1. The van der Waals surface area contributed by atoms with Gasteiger partial charge in [0.1, 0.15) is 17.5 Å². The van der Waals surface area contributed by atoms with E-state index >= 15 is 0 Å². The van der Waals surface area contributed by atoms with Gasteiger partial charge in [-0.25, -0.2) is 15.8 Å². The Morgan fingerprint density at radius 3 is 2.48 bits per heavy atom. The molecule has 0 aromatic carbocycles. The van der Waals surface area contributed by atoms with Gasteiger partial charge in [-0.05, 0) is 20.3 Å². The number of aromatic nitrogens is 2. The molecule has 1 aromatic heterocycles. The summed E-state index contributed by atoms with van der Waals surface area (Å²) in [4.78, 5) is 9.22. The van der Waals surface area contributed by atoms with Crippen LogP contribution in [0.1, 0.15) is 45.5 Å². The number of hydrogen-bond acceptors (Lipinski definition) is 6. The van der Waals surface area contributed by atoms with Crippen molar-refractivity contribution in [2.24, 2.45) is 11.8 Å². The quantitative estimate of drug-likeness (QED) is 0.583. The second kappa shape index (κ2) is 6.15. The summed E-state index contributed by atoms with van der Waals surface area (Å²) in [5, 5.41) is 3.51. The van der Waals surface area contributed by atoms with Crippen LogP contribution in [0.2, 0.25) is 0 Å². The van der Waals surface area contributed by atoms with E-state index in [0.29, 0.717) is 17.8 Å². The van der Waals surface area contributed by atoms with Gasteiger partial charge in [-0.3, -0.25) is 0 Å². The van der Waals surface area contributed by atoms with Crippen LogP contribution < -0.4 is 16.6 Å². The van der Waals surface area contributed by atoms with E-state index < -0.39 is 0 Å². The maximum atomic E-state index is 5.60. The molecule has 6 nitrogen and oxygen atoms in total. The molecule has 0 radical (unpaired) electrons. The highest BCUT2D eigenvalue weighted by atomic mass is 16.5. The van der Waals surface area contributed by atoms with Crippen molar-refractivity contribution in [2.45, 2.75) is 52.5 Å². The Morgan fingerprint density at radius 2 is 1.95 bits per heavy atom. The summed E-state index contributed by atoms with van der Waals surface area (Å²) in [7, 11) is 0. The third-order valence-corrected chi connectivity index (χ3v) is 3.99. The number of ether oxygens (including phenoxy) is 1. The van der Waals surface area contributed by atoms with E-state index in [1.807, 2.05) is 6.92 Å². The van der Waals surface area contributed by atoms with Gasteiger partial charge in [0.15, 0.2) is 0 Å². The average molecular weight is 293 g/mol. The zero-order valence-corrected chi connectivity index (χ0v) is 13.7. The Labute approximate surface area is 126 Å². The number of rotatable bonds is 4. The predicted molar refractivity (Wildman–Crippen MR) is 85.3 cm³/mol. The number of nitrogens with zero attached hydrogens (tertiary/aromatic N) is 2. The van der Waals surface area contributed by atoms with Crippen LogP contribution in [-0.4, -0.2) is 29.2 Å². The fraction of sp³-hybridized carbons (Fsp3) is 0.733. The molecule has 118 valence electrons. The molecule has 1 aromatic rings. The highest BCUT2D eigenvalue weighted by Crippen LogP contribution is 2.27. The summed E-state index contributed by atoms with van der Waals surface area (Å²) in [5.74, 6) is 8.42. The summed E-state index contributed by atoms with van der Waals surface area (Å²) in [6.45, 7) is 12.1. The summed E-state index contributed by atoms with van der Waals surface area (Å²) >= 11 is 0. The van der Waals surface area contributed by atoms with E-state index in [4.69, 9.17) is 15.6 Å². The largest absolute Gasteiger partial charge is 0.381 e. The molecule has 1 aliphatic heterocycles. The molecule has 2 heterocycles. The molecule has 2 rings (SSSR count). The fourth-order valence-electron chi connectivity index (χ4n) is 2.41. The van der Waals surface area contributed by atoms with E-state index in [0.717, 1.165) is 36.8 Å². The number of nitrogens with two attached hydrogens (primary N) is 1. The number of hydrazine groups is 1. The van der Waals surface area contributed by atoms with Gasteiger partial charge in [0.05, 0.1) is 6.61 Å². The molecular weight excluding hydrogens is 266 g/mol. The molecule has 0 spiro atoms. The number of hydrogen-bond donors (Lipinski definition) is 3. The fourth-order valence-corrected chi connectivity index (χ4v) is 2.41. The Morgan fingerprint density at radius 1 is 1.29 bits per heavy atom. The smallest absolute Gasteiger partial charge is 0.148 e. The monoisotopic (exact) mass is 293 g/mol. The molecule has 1 saturated heterocycles. The molecule has 1 aliphatic rings. The van der Waals surface area contributed by atoms with Crippen LogP contribution in [0.5, 0.6) is 0 Å². The Balaban J connectivity index is 2.28. The first-order valence-corrected chi connectivity index (χ1v) is 7.53. The zero-order chi connectivity index (χ0) is 15.6. The lowest BCUT2D eigenvalue weighted by atomic mass is 9.95. The van der Waals surface area contributed by atoms with Crippen molar-refractivity contribution in [3.8, 4) is 0 Å². The third-order valence-electron chi connectivity index (χ3n) is 3.99. The molecule has 2 unspecified atom stereocenters. The predicted octanol–water partition coefficient (Wildman–Crippen LogP) is 2.21. The maximum absolute atomic E-state index is 5.60. The zero-order valence-electron chi connectivity index (χ0n) is 13.7. The van der Waals surface area contributed by atoms with Crippen LogP contribution in [0.15, 0.2) is 0 Å². The van der Waals surface area contributed by atoms with Crippen molar-refractivity contribution >= 4 is 11.6 Å². The summed E-state index contributed by atoms with van der Waals surface area (Å²) < 4.78 is 5.46. The van der Waals surface area contributed by atoms with Crippen LogP contribution in [0.25, 0.3) is 0 Å². The van der Waals surface area contributed by atoms with Gasteiger partial charge in [-0.15, -0.1) is 0 Å². The van der Waals surface area contributed by atoms with Gasteiger partial charge in [-0.2, -0.15) is 0 Å². The van der Waals surface area contributed by atoms with Crippen LogP contribution in [0.3, 0.4) is 0 Å². The average Bonchev–Trinajstić information content (AvgIpc) is 2.93. The van der Waals surface area contributed by atoms with Crippen molar-refractivity contribution in [1.82, 2.24) is 9.97 Å². The highest BCUT2D eigenvalue weighted by Gasteiger charge is 2.25. The Kier molecular flexibility index (Phi) is 4.68. The molecule has 0 aliphatic carbocycles. The first-order chi connectivity index (χ1) is 9.82. The molecule has 1 fully saturated rings. The van der Waals surface area contributed by atoms with E-state index in [-0.39, 0.29) is 5.41 Å². The van der Waals surface area contributed by atoms with Crippen molar-refractivity contribution in [3.63, 3.8) is 0 Å². The standard InChI is InChI=1S/C15H27N5O/c1-9-12(17-10(2)11-6-7-21-8-11)18-14(15(3,4)5)19-13(9)20-16/h10-11H,6-8,16H2,1-5H3,(H2,17,18,19,20). The second-order valence-electron chi connectivity index (χ2n) is 6.82. The molecular formula is C15H27N5O. The minimum Gasteiger partial charge on any atom is -0.381 e. The van der Waals surface area contributed by atoms with Gasteiger partial charge in [-0.1, -0.05) is 20.8 Å². The van der Waals surface area contributed by atoms with Gasteiger partial charge < -0.3 is 15.5 Å². The number of anilines is 2. The second-order valence-corrected chi connectivity index (χ2v) is 6.82. The summed E-state index contributed by atoms with van der Waals surface area (Å²) in [6, 6.07) is 0.305. The molecule has 0 saturated carbocycles. The minimum absolute atomic E-state index is 0.130. The first-order valence-electron chi connectivity index (χ1n) is 7.53. The number of nitrogens with one attached hydrogen (secondary N) is 2. The Bertz CT molecular complexity index is 492. The van der Waals surface area contributed by atoms with E-state index in [2.05, 4.69) is 43.4 Å². The molecule has 21 heavy (non-hydrogen) atoms. The van der Waals surface area contributed by atoms with Crippen LogP contribution >= 0.6 is 0 Å². The van der Waals surface area contributed by atoms with E-state index in [1.54, 1.807) is 0 Å². The summed E-state index contributed by atoms with van der Waals surface area (Å²) in [5.41, 5.74) is 3.49. The normalized spacial score (nSPS) is 20.4. The lowest BCUT2D eigenvalue weighted by Crippen LogP contribution is -2.29. The van der Waals surface area contributed by atoms with Gasteiger partial charge in [0, 0.05) is 29.5 Å². The van der Waals surface area contributed by atoms with Crippen molar-refractivity contribution in [2.75, 3.05) is 24.0 Å². The van der Waals surface area contributed by atoms with Gasteiger partial charge in [0.2, 0.25) is 0 Å². The highest BCUT2D eigenvalue weighted by molar-refractivity contribution is 5.57. The van der Waals surface area contributed by atoms with Crippen molar-refractivity contribution < 1.29 is 4.74 Å². The summed E-state index contributed by atoms with van der Waals surface area (Å²) in [6.07, 6.45) is 1.09. The minimum atomic E-state index is -0.130. The van der Waals surface area contributed by atoms with E-state index in [1.165, 1.54) is 0 Å². The van der Waals surface area contributed by atoms with Gasteiger partial charge in [0.25, 0.3) is 0 Å². The van der Waals surface area contributed by atoms with E-state index in [9.17, 15) is 0 Å². The van der Waals surface area contributed by atoms with Crippen LogP contribution in [-0.2, 0) is 10.2 Å². The molecule has 4 N–H and O–H groups in total. The molecule has 0 bridgehead atoms. The lowest BCUT2D eigenvalue weighted by Gasteiger charge is -2.24. The Hall–Kier alpha value is -1.40. The van der Waals surface area contributed by atoms with Crippen LogP contribution in [0, 0.1) is 12.8 Å². The van der Waals surface area contributed by atoms with Crippen molar-refractivity contribution in [1.29, 1.82) is 0 Å². The third kappa shape index (κ3) is 3.63. The van der Waals surface area contributed by atoms with Crippen LogP contribution in [0.4, 0.5) is 11.6 Å². The van der Waals surface area contributed by atoms with Gasteiger partial charge >= 0.3 is 0 Å². The molecule has 0 amide bonds. The molecule has 2 atom stereocenters. The molecule has 6 heteroatoms.